The highest BCUT2D eigenvalue weighted by atomic mass is 35.5. The molecule has 2 heterocycles. The maximum Gasteiger partial charge on any atom is 0.0722 e. The van der Waals surface area contributed by atoms with E-state index in [1.165, 1.54) is 18.5 Å². The van der Waals surface area contributed by atoms with Gasteiger partial charge < -0.3 is 4.90 Å². The SMILES string of the molecule is CC1CCN(c2ccnc(-c3ccc(Cl)cc3)c2)CC1. The van der Waals surface area contributed by atoms with Gasteiger partial charge in [-0.1, -0.05) is 30.7 Å². The van der Waals surface area contributed by atoms with E-state index in [1.54, 1.807) is 0 Å². The van der Waals surface area contributed by atoms with Gasteiger partial charge in [-0.2, -0.15) is 0 Å². The molecule has 2 aromatic rings. The van der Waals surface area contributed by atoms with E-state index in [-0.39, 0.29) is 0 Å². The van der Waals surface area contributed by atoms with Gasteiger partial charge in [0.05, 0.1) is 5.69 Å². The van der Waals surface area contributed by atoms with Gasteiger partial charge in [0.15, 0.2) is 0 Å². The predicted molar refractivity (Wildman–Crippen MR) is 85.3 cm³/mol. The van der Waals surface area contributed by atoms with E-state index in [9.17, 15) is 0 Å². The lowest BCUT2D eigenvalue weighted by atomic mass is 9.99. The molecule has 2 nitrogen and oxygen atoms in total. The van der Waals surface area contributed by atoms with Crippen molar-refractivity contribution in [3.05, 3.63) is 47.6 Å². The molecular weight excluding hydrogens is 268 g/mol. The molecule has 104 valence electrons. The van der Waals surface area contributed by atoms with Crippen LogP contribution in [0.15, 0.2) is 42.6 Å². The summed E-state index contributed by atoms with van der Waals surface area (Å²) in [6, 6.07) is 12.1. The number of aromatic nitrogens is 1. The van der Waals surface area contributed by atoms with Crippen molar-refractivity contribution in [3.8, 4) is 11.3 Å². The number of anilines is 1. The predicted octanol–water partition coefficient (Wildman–Crippen LogP) is 4.64. The Morgan fingerprint density at radius 1 is 1.10 bits per heavy atom. The van der Waals surface area contributed by atoms with Gasteiger partial charge in [-0.3, -0.25) is 4.98 Å². The zero-order chi connectivity index (χ0) is 13.9. The van der Waals surface area contributed by atoms with Crippen LogP contribution in [-0.4, -0.2) is 18.1 Å². The molecule has 0 unspecified atom stereocenters. The van der Waals surface area contributed by atoms with Crippen LogP contribution in [0.5, 0.6) is 0 Å². The lowest BCUT2D eigenvalue weighted by Gasteiger charge is -2.32. The van der Waals surface area contributed by atoms with E-state index in [0.717, 1.165) is 35.3 Å². The smallest absolute Gasteiger partial charge is 0.0722 e. The molecule has 0 amide bonds. The summed E-state index contributed by atoms with van der Waals surface area (Å²) in [5.41, 5.74) is 3.40. The minimum Gasteiger partial charge on any atom is -0.371 e. The number of hydrogen-bond donors (Lipinski definition) is 0. The molecule has 1 aromatic heterocycles. The van der Waals surface area contributed by atoms with Crippen molar-refractivity contribution in [1.82, 2.24) is 4.98 Å². The molecule has 1 saturated heterocycles. The van der Waals surface area contributed by atoms with Gasteiger partial charge in [-0.25, -0.2) is 0 Å². The summed E-state index contributed by atoms with van der Waals surface area (Å²) in [7, 11) is 0. The van der Waals surface area contributed by atoms with Gasteiger partial charge in [-0.05, 0) is 43.0 Å². The van der Waals surface area contributed by atoms with Crippen LogP contribution in [0.2, 0.25) is 5.02 Å². The first-order valence-corrected chi connectivity index (χ1v) is 7.57. The van der Waals surface area contributed by atoms with E-state index in [0.29, 0.717) is 0 Å². The van der Waals surface area contributed by atoms with Gasteiger partial charge in [0, 0.05) is 35.6 Å². The number of piperidine rings is 1. The fourth-order valence-electron chi connectivity index (χ4n) is 2.66. The minimum atomic E-state index is 0.759. The molecule has 0 spiro atoms. The summed E-state index contributed by atoms with van der Waals surface area (Å²) in [6.45, 7) is 4.62. The second-order valence-electron chi connectivity index (χ2n) is 5.58. The molecule has 1 aromatic carbocycles. The van der Waals surface area contributed by atoms with Crippen molar-refractivity contribution >= 4 is 17.3 Å². The van der Waals surface area contributed by atoms with Crippen molar-refractivity contribution < 1.29 is 0 Å². The summed E-state index contributed by atoms with van der Waals surface area (Å²) in [5.74, 6) is 0.851. The number of halogens is 1. The Hall–Kier alpha value is -1.54. The van der Waals surface area contributed by atoms with Crippen LogP contribution in [0, 0.1) is 5.92 Å². The second kappa shape index (κ2) is 5.84. The van der Waals surface area contributed by atoms with E-state index >= 15 is 0 Å². The van der Waals surface area contributed by atoms with Crippen molar-refractivity contribution in [3.63, 3.8) is 0 Å². The summed E-state index contributed by atoms with van der Waals surface area (Å²) in [6.07, 6.45) is 4.45. The third-order valence-corrected chi connectivity index (χ3v) is 4.28. The molecule has 0 radical (unpaired) electrons. The van der Waals surface area contributed by atoms with Crippen LogP contribution < -0.4 is 4.90 Å². The van der Waals surface area contributed by atoms with Crippen molar-refractivity contribution in [2.24, 2.45) is 5.92 Å². The van der Waals surface area contributed by atoms with E-state index < -0.39 is 0 Å². The topological polar surface area (TPSA) is 16.1 Å². The lowest BCUT2D eigenvalue weighted by molar-refractivity contribution is 0.438. The molecule has 0 atom stereocenters. The molecule has 3 heteroatoms. The van der Waals surface area contributed by atoms with Gasteiger partial charge in [0.2, 0.25) is 0 Å². The third-order valence-electron chi connectivity index (χ3n) is 4.03. The Morgan fingerprint density at radius 3 is 2.50 bits per heavy atom. The van der Waals surface area contributed by atoms with Crippen LogP contribution in [-0.2, 0) is 0 Å². The Labute approximate surface area is 125 Å². The lowest BCUT2D eigenvalue weighted by Crippen LogP contribution is -2.32. The first-order chi connectivity index (χ1) is 9.72. The Balaban J connectivity index is 1.84. The standard InChI is InChI=1S/C17H19ClN2/c1-13-7-10-20(11-8-13)16-6-9-19-17(12-16)14-2-4-15(18)5-3-14/h2-6,9,12-13H,7-8,10-11H2,1H3. The van der Waals surface area contributed by atoms with Crippen LogP contribution in [0.25, 0.3) is 11.3 Å². The molecule has 0 bridgehead atoms. The Bertz CT molecular complexity index is 572. The number of hydrogen-bond acceptors (Lipinski definition) is 2. The summed E-state index contributed by atoms with van der Waals surface area (Å²) in [5, 5.41) is 0.759. The van der Waals surface area contributed by atoms with Gasteiger partial charge in [0.1, 0.15) is 0 Å². The Morgan fingerprint density at radius 2 is 1.80 bits per heavy atom. The molecule has 1 fully saturated rings. The molecule has 1 aliphatic heterocycles. The Kier molecular flexibility index (Phi) is 3.93. The van der Waals surface area contributed by atoms with E-state index in [1.807, 2.05) is 30.5 Å². The van der Waals surface area contributed by atoms with Gasteiger partial charge in [0.25, 0.3) is 0 Å². The summed E-state index contributed by atoms with van der Waals surface area (Å²) >= 11 is 5.94. The van der Waals surface area contributed by atoms with Crippen LogP contribution >= 0.6 is 11.6 Å². The highest BCUT2D eigenvalue weighted by Gasteiger charge is 2.16. The molecular formula is C17H19ClN2. The first-order valence-electron chi connectivity index (χ1n) is 7.19. The largest absolute Gasteiger partial charge is 0.371 e. The average Bonchev–Trinajstić information content (AvgIpc) is 2.49. The quantitative estimate of drug-likeness (QED) is 0.799. The molecule has 0 aliphatic carbocycles. The normalized spacial score (nSPS) is 16.4. The molecule has 20 heavy (non-hydrogen) atoms. The van der Waals surface area contributed by atoms with Crippen LogP contribution in [0.4, 0.5) is 5.69 Å². The zero-order valence-corrected chi connectivity index (χ0v) is 12.5. The van der Waals surface area contributed by atoms with E-state index in [2.05, 4.69) is 28.9 Å². The highest BCUT2D eigenvalue weighted by molar-refractivity contribution is 6.30. The summed E-state index contributed by atoms with van der Waals surface area (Å²) < 4.78 is 0. The molecule has 3 rings (SSSR count). The fourth-order valence-corrected chi connectivity index (χ4v) is 2.79. The maximum absolute atomic E-state index is 5.94. The molecule has 0 N–H and O–H groups in total. The van der Waals surface area contributed by atoms with Gasteiger partial charge >= 0.3 is 0 Å². The summed E-state index contributed by atoms with van der Waals surface area (Å²) in [4.78, 5) is 6.94. The first kappa shape index (κ1) is 13.4. The number of pyridine rings is 1. The van der Waals surface area contributed by atoms with Crippen LogP contribution in [0.3, 0.4) is 0 Å². The van der Waals surface area contributed by atoms with Gasteiger partial charge in [-0.15, -0.1) is 0 Å². The number of nitrogens with zero attached hydrogens (tertiary/aromatic N) is 2. The zero-order valence-electron chi connectivity index (χ0n) is 11.7. The van der Waals surface area contributed by atoms with Crippen molar-refractivity contribution in [1.29, 1.82) is 0 Å². The van der Waals surface area contributed by atoms with Crippen LogP contribution in [0.1, 0.15) is 19.8 Å². The fraction of sp³-hybridized carbons (Fsp3) is 0.353. The molecule has 1 aliphatic rings. The highest BCUT2D eigenvalue weighted by Crippen LogP contribution is 2.27. The minimum absolute atomic E-state index is 0.759. The number of benzene rings is 1. The van der Waals surface area contributed by atoms with E-state index in [4.69, 9.17) is 11.6 Å². The monoisotopic (exact) mass is 286 g/mol. The number of rotatable bonds is 2. The second-order valence-corrected chi connectivity index (χ2v) is 6.01. The third kappa shape index (κ3) is 2.96. The van der Waals surface area contributed by atoms with Crippen molar-refractivity contribution in [2.45, 2.75) is 19.8 Å². The maximum atomic E-state index is 5.94. The average molecular weight is 287 g/mol. The molecule has 0 saturated carbocycles. The van der Waals surface area contributed by atoms with Crippen molar-refractivity contribution in [2.75, 3.05) is 18.0 Å².